The van der Waals surface area contributed by atoms with E-state index < -0.39 is 11.8 Å². The lowest BCUT2D eigenvalue weighted by Crippen LogP contribution is -2.44. The molecular formula is C26H26FNO5. The number of ether oxygens (including phenoxy) is 1. The molecule has 172 valence electrons. The first-order valence-electron chi connectivity index (χ1n) is 11.9. The standard InChI is InChI=1S/C26H26FNO5/c27-15-5-1-13(2-6-15)21(29)12-33-26(32)14-3-7-16(8-4-14)28-24(30)22-17-9-10-18(20-11-19(17)20)23(22)25(28)31/h1-2,5-6,9-10,14,16-20,22-23H,3-4,7-8,11-12H2/t14?,16?,17-,18-,19-,20-,22-,23+/m0/s1. The average Bonchev–Trinajstić information content (AvgIpc) is 3.61. The zero-order valence-corrected chi connectivity index (χ0v) is 18.2. The van der Waals surface area contributed by atoms with Gasteiger partial charge >= 0.3 is 5.97 Å². The summed E-state index contributed by atoms with van der Waals surface area (Å²) in [7, 11) is 0. The molecule has 0 spiro atoms. The summed E-state index contributed by atoms with van der Waals surface area (Å²) in [5.41, 5.74) is 0.293. The summed E-state index contributed by atoms with van der Waals surface area (Å²) < 4.78 is 18.2. The summed E-state index contributed by atoms with van der Waals surface area (Å²) in [5.74, 6) is -0.370. The van der Waals surface area contributed by atoms with Crippen molar-refractivity contribution in [2.75, 3.05) is 6.61 Å². The van der Waals surface area contributed by atoms with Gasteiger partial charge in [-0.1, -0.05) is 12.2 Å². The average molecular weight is 451 g/mol. The van der Waals surface area contributed by atoms with Gasteiger partial charge in [-0.3, -0.25) is 24.1 Å². The molecule has 6 aliphatic rings. The predicted molar refractivity (Wildman–Crippen MR) is 114 cm³/mol. The molecule has 7 heteroatoms. The van der Waals surface area contributed by atoms with Gasteiger partial charge in [0.2, 0.25) is 11.8 Å². The number of likely N-dealkylation sites (tertiary alicyclic amines) is 1. The van der Waals surface area contributed by atoms with Gasteiger partial charge in [-0.05, 0) is 80.0 Å². The molecule has 33 heavy (non-hydrogen) atoms. The third-order valence-electron chi connectivity index (χ3n) is 8.60. The highest BCUT2D eigenvalue weighted by atomic mass is 19.1. The molecular weight excluding hydrogens is 425 g/mol. The van der Waals surface area contributed by atoms with Crippen molar-refractivity contribution in [2.24, 2.45) is 41.4 Å². The quantitative estimate of drug-likeness (QED) is 0.297. The van der Waals surface area contributed by atoms with Crippen LogP contribution in [-0.2, 0) is 19.1 Å². The number of halogens is 1. The minimum atomic E-state index is -0.435. The SMILES string of the molecule is O=C(COC(=O)C1CCC(N2C(=O)[C@@H]3[C@H]4C=C[C@@H]([C@@H]5C[C@@H]45)[C@@H]3C2=O)CC1)c1ccc(F)cc1. The second-order valence-electron chi connectivity index (χ2n) is 10.2. The van der Waals surface area contributed by atoms with Gasteiger partial charge in [0.15, 0.2) is 12.4 Å². The summed E-state index contributed by atoms with van der Waals surface area (Å²) in [6.45, 7) is -0.380. The molecule has 0 radical (unpaired) electrons. The minimum Gasteiger partial charge on any atom is -0.457 e. The Kier molecular flexibility index (Phi) is 4.78. The van der Waals surface area contributed by atoms with Crippen molar-refractivity contribution < 1.29 is 28.3 Å². The first-order valence-corrected chi connectivity index (χ1v) is 11.9. The largest absolute Gasteiger partial charge is 0.457 e. The molecule has 1 aromatic carbocycles. The zero-order valence-electron chi connectivity index (χ0n) is 18.2. The minimum absolute atomic E-state index is 0.00868. The Morgan fingerprint density at radius 3 is 2.06 bits per heavy atom. The summed E-state index contributed by atoms with van der Waals surface area (Å²) >= 11 is 0. The fourth-order valence-corrected chi connectivity index (χ4v) is 6.88. The van der Waals surface area contributed by atoms with Crippen LogP contribution in [0.1, 0.15) is 42.5 Å². The van der Waals surface area contributed by atoms with E-state index in [4.69, 9.17) is 4.74 Å². The maximum Gasteiger partial charge on any atom is 0.309 e. The molecule has 1 heterocycles. The van der Waals surface area contributed by atoms with Crippen molar-refractivity contribution in [1.82, 2.24) is 4.90 Å². The Hall–Kier alpha value is -2.83. The Balaban J connectivity index is 1.04. The molecule has 3 saturated carbocycles. The number of esters is 1. The van der Waals surface area contributed by atoms with Gasteiger partial charge in [-0.2, -0.15) is 0 Å². The van der Waals surface area contributed by atoms with Crippen molar-refractivity contribution >= 4 is 23.6 Å². The number of imide groups is 1. The van der Waals surface area contributed by atoms with Gasteiger partial charge in [0.25, 0.3) is 0 Å². The van der Waals surface area contributed by atoms with Gasteiger partial charge in [-0.15, -0.1) is 0 Å². The topological polar surface area (TPSA) is 80.8 Å². The Bertz CT molecular complexity index is 1020. The van der Waals surface area contributed by atoms with Crippen molar-refractivity contribution in [3.63, 3.8) is 0 Å². The number of allylic oxidation sites excluding steroid dienone is 2. The van der Waals surface area contributed by atoms with Crippen LogP contribution in [0.25, 0.3) is 0 Å². The van der Waals surface area contributed by atoms with Gasteiger partial charge in [0.1, 0.15) is 5.82 Å². The molecule has 1 saturated heterocycles. The maximum absolute atomic E-state index is 13.3. The van der Waals surface area contributed by atoms with Crippen molar-refractivity contribution in [3.05, 3.63) is 47.8 Å². The van der Waals surface area contributed by atoms with Gasteiger partial charge in [0.05, 0.1) is 17.8 Å². The number of carbonyl (C=O) groups is 4. The molecule has 0 aromatic heterocycles. The van der Waals surface area contributed by atoms with Crippen LogP contribution in [0.15, 0.2) is 36.4 Å². The van der Waals surface area contributed by atoms with E-state index in [1.807, 2.05) is 0 Å². The fraction of sp³-hybridized carbons (Fsp3) is 0.538. The number of ketones is 1. The zero-order chi connectivity index (χ0) is 22.9. The number of Topliss-reactive ketones (excluding diaryl/α,β-unsaturated/α-hetero) is 1. The number of hydrogen-bond donors (Lipinski definition) is 0. The molecule has 5 aliphatic carbocycles. The van der Waals surface area contributed by atoms with Crippen molar-refractivity contribution in [1.29, 1.82) is 0 Å². The predicted octanol–water partition coefficient (Wildman–Crippen LogP) is 3.16. The molecule has 6 nitrogen and oxygen atoms in total. The molecule has 2 bridgehead atoms. The Morgan fingerprint density at radius 2 is 1.48 bits per heavy atom. The molecule has 1 aliphatic heterocycles. The molecule has 0 unspecified atom stereocenters. The highest BCUT2D eigenvalue weighted by Gasteiger charge is 2.67. The summed E-state index contributed by atoms with van der Waals surface area (Å²) in [4.78, 5) is 52.7. The van der Waals surface area contributed by atoms with Crippen LogP contribution in [0.4, 0.5) is 4.39 Å². The van der Waals surface area contributed by atoms with Gasteiger partial charge in [0, 0.05) is 11.6 Å². The van der Waals surface area contributed by atoms with Crippen LogP contribution in [0.3, 0.4) is 0 Å². The number of nitrogens with zero attached hydrogens (tertiary/aromatic N) is 1. The first kappa shape index (κ1) is 20.8. The van der Waals surface area contributed by atoms with E-state index in [-0.39, 0.29) is 59.8 Å². The second kappa shape index (κ2) is 7.61. The van der Waals surface area contributed by atoms with Crippen LogP contribution >= 0.6 is 0 Å². The van der Waals surface area contributed by atoms with Crippen molar-refractivity contribution in [2.45, 2.75) is 38.1 Å². The highest BCUT2D eigenvalue weighted by Crippen LogP contribution is 2.65. The monoisotopic (exact) mass is 451 g/mol. The maximum atomic E-state index is 13.3. The van der Waals surface area contributed by atoms with Crippen molar-refractivity contribution in [3.8, 4) is 0 Å². The number of benzene rings is 1. The van der Waals surface area contributed by atoms with E-state index >= 15 is 0 Å². The lowest BCUT2D eigenvalue weighted by atomic mass is 9.63. The van der Waals surface area contributed by atoms with E-state index in [1.165, 1.54) is 29.2 Å². The lowest BCUT2D eigenvalue weighted by Gasteiger charge is -2.37. The van der Waals surface area contributed by atoms with Crippen LogP contribution in [-0.4, -0.2) is 41.1 Å². The molecule has 2 amide bonds. The lowest BCUT2D eigenvalue weighted by molar-refractivity contribution is -0.149. The summed E-state index contributed by atoms with van der Waals surface area (Å²) in [6, 6.07) is 4.96. The van der Waals surface area contributed by atoms with Crippen LogP contribution in [0, 0.1) is 47.2 Å². The molecule has 7 rings (SSSR count). The normalized spacial score (nSPS) is 38.2. The van der Waals surface area contributed by atoms with E-state index in [9.17, 15) is 23.6 Å². The van der Waals surface area contributed by atoms with Gasteiger partial charge < -0.3 is 4.74 Å². The smallest absolute Gasteiger partial charge is 0.309 e. The molecule has 6 atom stereocenters. The second-order valence-corrected chi connectivity index (χ2v) is 10.2. The third-order valence-corrected chi connectivity index (χ3v) is 8.60. The highest BCUT2D eigenvalue weighted by molar-refractivity contribution is 6.06. The van der Waals surface area contributed by atoms with Crippen LogP contribution in [0.5, 0.6) is 0 Å². The fourth-order valence-electron chi connectivity index (χ4n) is 6.88. The van der Waals surface area contributed by atoms with Crippen LogP contribution < -0.4 is 0 Å². The van der Waals surface area contributed by atoms with Gasteiger partial charge in [-0.25, -0.2) is 4.39 Å². The Labute approximate surface area is 191 Å². The summed E-state index contributed by atoms with van der Waals surface area (Å²) in [5, 5.41) is 0. The molecule has 1 aromatic rings. The molecule has 0 N–H and O–H groups in total. The third kappa shape index (κ3) is 3.27. The summed E-state index contributed by atoms with van der Waals surface area (Å²) in [6.07, 6.45) is 7.71. The number of hydrogen-bond acceptors (Lipinski definition) is 5. The van der Waals surface area contributed by atoms with E-state index in [2.05, 4.69) is 12.2 Å². The van der Waals surface area contributed by atoms with E-state index in [0.717, 1.165) is 6.42 Å². The number of amides is 2. The van der Waals surface area contributed by atoms with E-state index in [0.29, 0.717) is 43.1 Å². The van der Waals surface area contributed by atoms with Crippen LogP contribution in [0.2, 0.25) is 0 Å². The molecule has 4 fully saturated rings. The van der Waals surface area contributed by atoms with E-state index in [1.54, 1.807) is 0 Å². The number of carbonyl (C=O) groups excluding carboxylic acids is 4. The number of rotatable bonds is 5. The Morgan fingerprint density at radius 1 is 0.909 bits per heavy atom. The first-order chi connectivity index (χ1) is 15.9.